The molecule has 0 amide bonds. The first-order valence-corrected chi connectivity index (χ1v) is 6.83. The molecule has 2 heterocycles. The Kier molecular flexibility index (Phi) is 2.90. The summed E-state index contributed by atoms with van der Waals surface area (Å²) in [5.74, 6) is 2.34. The first kappa shape index (κ1) is 11.2. The molecule has 1 N–H and O–H groups in total. The molecule has 2 fully saturated rings. The number of nitrogens with one attached hydrogen (secondary N) is 1. The summed E-state index contributed by atoms with van der Waals surface area (Å²) in [6.07, 6.45) is 7.42. The van der Waals surface area contributed by atoms with Crippen molar-refractivity contribution in [2.45, 2.75) is 56.8 Å². The lowest BCUT2D eigenvalue weighted by Gasteiger charge is -2.30. The van der Waals surface area contributed by atoms with Crippen molar-refractivity contribution < 1.29 is 4.52 Å². The lowest BCUT2D eigenvalue weighted by molar-refractivity contribution is 0.244. The van der Waals surface area contributed by atoms with Crippen molar-refractivity contribution in [3.63, 3.8) is 0 Å². The van der Waals surface area contributed by atoms with Crippen LogP contribution in [0.3, 0.4) is 0 Å². The normalized spacial score (nSPS) is 30.9. The molecule has 4 nitrogen and oxygen atoms in total. The highest BCUT2D eigenvalue weighted by Crippen LogP contribution is 2.35. The molecule has 1 saturated carbocycles. The molecule has 0 aromatic carbocycles. The van der Waals surface area contributed by atoms with Crippen molar-refractivity contribution in [1.29, 1.82) is 0 Å². The Morgan fingerprint density at radius 3 is 2.82 bits per heavy atom. The predicted octanol–water partition coefficient (Wildman–Crippen LogP) is 2.37. The maximum Gasteiger partial charge on any atom is 0.233 e. The van der Waals surface area contributed by atoms with Gasteiger partial charge in [-0.3, -0.25) is 0 Å². The van der Waals surface area contributed by atoms with E-state index in [4.69, 9.17) is 4.52 Å². The molecule has 0 radical (unpaired) electrons. The molecule has 1 aliphatic carbocycles. The molecule has 1 aliphatic heterocycles. The van der Waals surface area contributed by atoms with Crippen molar-refractivity contribution in [1.82, 2.24) is 15.5 Å². The second kappa shape index (κ2) is 4.41. The van der Waals surface area contributed by atoms with Crippen molar-refractivity contribution >= 4 is 0 Å². The van der Waals surface area contributed by atoms with Crippen LogP contribution in [0, 0.1) is 0 Å². The van der Waals surface area contributed by atoms with Gasteiger partial charge in [-0.05, 0) is 39.2 Å². The summed E-state index contributed by atoms with van der Waals surface area (Å²) in [6, 6.07) is 0. The maximum absolute atomic E-state index is 5.52. The molecule has 4 heteroatoms. The van der Waals surface area contributed by atoms with Crippen LogP contribution in [-0.4, -0.2) is 23.2 Å². The maximum atomic E-state index is 5.52. The highest BCUT2D eigenvalue weighted by molar-refractivity contribution is 5.08. The fourth-order valence-electron chi connectivity index (χ4n) is 3.07. The number of hydrogen-bond acceptors (Lipinski definition) is 4. The van der Waals surface area contributed by atoms with Crippen LogP contribution in [0.5, 0.6) is 0 Å². The minimum absolute atomic E-state index is 0.0438. The zero-order chi connectivity index (χ0) is 11.7. The first-order chi connectivity index (χ1) is 8.28. The van der Waals surface area contributed by atoms with Crippen LogP contribution >= 0.6 is 0 Å². The molecule has 0 bridgehead atoms. The standard InChI is InChI=1S/C13H21N3O/c1-13(7-4-8-14-9-13)12-15-11(16-17-12)10-5-2-3-6-10/h10,14H,2-9H2,1H3. The van der Waals surface area contributed by atoms with Crippen molar-refractivity contribution in [2.75, 3.05) is 13.1 Å². The second-order valence-electron chi connectivity index (χ2n) is 5.78. The Labute approximate surface area is 102 Å². The van der Waals surface area contributed by atoms with Crippen LogP contribution in [0.25, 0.3) is 0 Å². The lowest BCUT2D eigenvalue weighted by Crippen LogP contribution is -2.41. The van der Waals surface area contributed by atoms with Gasteiger partial charge in [-0.1, -0.05) is 18.0 Å². The Hall–Kier alpha value is -0.900. The largest absolute Gasteiger partial charge is 0.339 e. The second-order valence-corrected chi connectivity index (χ2v) is 5.78. The van der Waals surface area contributed by atoms with E-state index in [9.17, 15) is 0 Å². The molecule has 1 saturated heterocycles. The van der Waals surface area contributed by atoms with Gasteiger partial charge in [0.15, 0.2) is 5.82 Å². The van der Waals surface area contributed by atoms with Crippen molar-refractivity contribution in [3.8, 4) is 0 Å². The minimum Gasteiger partial charge on any atom is -0.339 e. The fourth-order valence-corrected chi connectivity index (χ4v) is 3.07. The molecule has 1 aromatic rings. The molecular formula is C13H21N3O. The van der Waals surface area contributed by atoms with Gasteiger partial charge in [0, 0.05) is 12.5 Å². The summed E-state index contributed by atoms with van der Waals surface area (Å²) in [6.45, 7) is 4.30. The van der Waals surface area contributed by atoms with Gasteiger partial charge in [0.2, 0.25) is 5.89 Å². The Morgan fingerprint density at radius 1 is 1.29 bits per heavy atom. The molecule has 3 rings (SSSR count). The van der Waals surface area contributed by atoms with Gasteiger partial charge >= 0.3 is 0 Å². The number of hydrogen-bond donors (Lipinski definition) is 1. The highest BCUT2D eigenvalue weighted by atomic mass is 16.5. The van der Waals surface area contributed by atoms with Crippen LogP contribution < -0.4 is 5.32 Å². The smallest absolute Gasteiger partial charge is 0.233 e. The van der Waals surface area contributed by atoms with E-state index < -0.39 is 0 Å². The van der Waals surface area contributed by atoms with E-state index in [1.54, 1.807) is 0 Å². The molecule has 0 spiro atoms. The molecular weight excluding hydrogens is 214 g/mol. The summed E-state index contributed by atoms with van der Waals surface area (Å²) in [4.78, 5) is 4.67. The summed E-state index contributed by atoms with van der Waals surface area (Å²) in [5, 5.41) is 7.63. The van der Waals surface area contributed by atoms with Crippen LogP contribution in [0.15, 0.2) is 4.52 Å². The van der Waals surface area contributed by atoms with Gasteiger partial charge < -0.3 is 9.84 Å². The topological polar surface area (TPSA) is 51.0 Å². The summed E-state index contributed by atoms with van der Waals surface area (Å²) < 4.78 is 5.52. The van der Waals surface area contributed by atoms with E-state index in [1.165, 1.54) is 32.1 Å². The zero-order valence-electron chi connectivity index (χ0n) is 10.5. The van der Waals surface area contributed by atoms with Crippen LogP contribution in [0.4, 0.5) is 0 Å². The predicted molar refractivity (Wildman–Crippen MR) is 65.0 cm³/mol. The molecule has 94 valence electrons. The summed E-state index contributed by atoms with van der Waals surface area (Å²) in [7, 11) is 0. The molecule has 17 heavy (non-hydrogen) atoms. The Balaban J connectivity index is 1.78. The number of piperidine rings is 1. The molecule has 1 aromatic heterocycles. The number of nitrogens with zero attached hydrogens (tertiary/aromatic N) is 2. The molecule has 1 atom stereocenters. The third-order valence-electron chi connectivity index (χ3n) is 4.28. The van der Waals surface area contributed by atoms with Crippen LogP contribution in [0.2, 0.25) is 0 Å². The van der Waals surface area contributed by atoms with Gasteiger partial charge in [0.05, 0.1) is 5.41 Å². The first-order valence-electron chi connectivity index (χ1n) is 6.83. The Bertz CT molecular complexity index is 376. The quantitative estimate of drug-likeness (QED) is 0.855. The van der Waals surface area contributed by atoms with E-state index in [0.717, 1.165) is 31.2 Å². The van der Waals surface area contributed by atoms with E-state index in [-0.39, 0.29) is 5.41 Å². The van der Waals surface area contributed by atoms with Gasteiger partial charge in [-0.25, -0.2) is 0 Å². The van der Waals surface area contributed by atoms with E-state index >= 15 is 0 Å². The van der Waals surface area contributed by atoms with Crippen molar-refractivity contribution in [3.05, 3.63) is 11.7 Å². The van der Waals surface area contributed by atoms with Crippen LogP contribution in [-0.2, 0) is 5.41 Å². The number of rotatable bonds is 2. The van der Waals surface area contributed by atoms with Gasteiger partial charge in [0.25, 0.3) is 0 Å². The number of aromatic nitrogens is 2. The van der Waals surface area contributed by atoms with E-state index in [2.05, 4.69) is 22.4 Å². The van der Waals surface area contributed by atoms with Gasteiger partial charge in [-0.15, -0.1) is 0 Å². The molecule has 1 unspecified atom stereocenters. The summed E-state index contributed by atoms with van der Waals surface area (Å²) in [5.41, 5.74) is 0.0438. The van der Waals surface area contributed by atoms with Gasteiger partial charge in [-0.2, -0.15) is 4.98 Å². The SMILES string of the molecule is CC1(c2nc(C3CCCC3)no2)CCCNC1. The zero-order valence-corrected chi connectivity index (χ0v) is 10.5. The Morgan fingerprint density at radius 2 is 2.12 bits per heavy atom. The average Bonchev–Trinajstić information content (AvgIpc) is 3.01. The third kappa shape index (κ3) is 2.10. The van der Waals surface area contributed by atoms with E-state index in [1.807, 2.05) is 0 Å². The molecule has 2 aliphatic rings. The van der Waals surface area contributed by atoms with Crippen molar-refractivity contribution in [2.24, 2.45) is 0 Å². The summed E-state index contributed by atoms with van der Waals surface area (Å²) >= 11 is 0. The van der Waals surface area contributed by atoms with E-state index in [0.29, 0.717) is 5.92 Å². The van der Waals surface area contributed by atoms with Crippen LogP contribution in [0.1, 0.15) is 63.1 Å². The average molecular weight is 235 g/mol. The minimum atomic E-state index is 0.0438. The van der Waals surface area contributed by atoms with Gasteiger partial charge in [0.1, 0.15) is 0 Å². The lowest BCUT2D eigenvalue weighted by atomic mass is 9.83. The highest BCUT2D eigenvalue weighted by Gasteiger charge is 2.35. The third-order valence-corrected chi connectivity index (χ3v) is 4.28. The fraction of sp³-hybridized carbons (Fsp3) is 0.846. The monoisotopic (exact) mass is 235 g/mol.